The molecule has 0 aromatic carbocycles. The van der Waals surface area contributed by atoms with Crippen LogP contribution in [0.15, 0.2) is 10.2 Å². The van der Waals surface area contributed by atoms with Crippen molar-refractivity contribution in [3.63, 3.8) is 0 Å². The number of cyclic esters (lactones) is 6. The van der Waals surface area contributed by atoms with Crippen molar-refractivity contribution in [2.45, 2.75) is 235 Å². The van der Waals surface area contributed by atoms with Crippen molar-refractivity contribution >= 4 is 102 Å². The average Bonchev–Trinajstić information content (AvgIpc) is 1.60. The van der Waals surface area contributed by atoms with Gasteiger partial charge in [-0.1, -0.05) is 37.9 Å². The lowest BCUT2D eigenvalue weighted by Gasteiger charge is -2.27. The van der Waals surface area contributed by atoms with Gasteiger partial charge in [0.1, 0.15) is 58.7 Å². The number of carboxylic acids is 1. The number of rotatable bonds is 30. The van der Waals surface area contributed by atoms with Crippen LogP contribution in [-0.2, 0) is 114 Å². The topological polar surface area (TPSA) is 610 Å². The number of ether oxygens (including phenoxy) is 10. The summed E-state index contributed by atoms with van der Waals surface area (Å²) >= 11 is 0. The Balaban J connectivity index is -0.000000677. The van der Waals surface area contributed by atoms with E-state index in [4.69, 9.17) is 55.1 Å². The molecule has 3 saturated heterocycles. The lowest BCUT2D eigenvalue weighted by atomic mass is 10.0. The predicted molar refractivity (Wildman–Crippen MR) is 365 cm³/mol. The first-order chi connectivity index (χ1) is 49.1. The van der Waals surface area contributed by atoms with E-state index in [2.05, 4.69) is 76.2 Å². The number of halogens is 2. The smallest absolute Gasteiger partial charge is 0.415 e. The number of nitrogens with zero attached hydrogens (tertiary/aromatic N) is 6. The lowest BCUT2D eigenvalue weighted by molar-refractivity contribution is -0.158. The molecule has 10 N–H and O–H groups in total. The van der Waals surface area contributed by atoms with Crippen LogP contribution in [0.5, 0.6) is 0 Å². The lowest BCUT2D eigenvalue weighted by Crippen LogP contribution is -2.58. The fraction of sp³-hybridized carbons (Fsp3) is 0.730. The Kier molecular flexibility index (Phi) is 51.3. The summed E-state index contributed by atoms with van der Waals surface area (Å²) in [6.07, 6.45) is -6.17. The highest BCUT2D eigenvalue weighted by Crippen LogP contribution is 2.17. The maximum absolute atomic E-state index is 13.5. The molecule has 42 nitrogen and oxygen atoms in total. The van der Waals surface area contributed by atoms with E-state index in [1.165, 1.54) is 20.8 Å². The minimum Gasteiger partial charge on any atom is -0.477 e. The maximum Gasteiger partial charge on any atom is 0.415 e. The fourth-order valence-electron chi connectivity index (χ4n) is 7.35. The molecule has 0 aliphatic carbocycles. The summed E-state index contributed by atoms with van der Waals surface area (Å²) in [5.41, 5.74) is 18.2. The summed E-state index contributed by atoms with van der Waals surface area (Å²) in [5, 5.41) is 30.7. The van der Waals surface area contributed by atoms with E-state index in [0.29, 0.717) is 38.6 Å². The molecular weight excluding hydrogens is 1440 g/mol. The molecule has 0 radical (unpaired) electrons. The predicted octanol–water partition coefficient (Wildman–Crippen LogP) is 3.49. The van der Waals surface area contributed by atoms with E-state index in [1.54, 1.807) is 83.1 Å². The third kappa shape index (κ3) is 61.6. The summed E-state index contributed by atoms with van der Waals surface area (Å²) < 4.78 is 68.5. The van der Waals surface area contributed by atoms with E-state index in [0.717, 1.165) is 0 Å². The Bertz CT molecular complexity index is 3010. The molecule has 3 fully saturated rings. The monoisotopic (exact) mass is 1540 g/mol. The Morgan fingerprint density at radius 1 is 0.523 bits per heavy atom. The van der Waals surface area contributed by atoms with Crippen molar-refractivity contribution in [3.05, 3.63) is 20.9 Å². The number of alkyl carbamates (subject to hydrolysis) is 3. The third-order valence-electron chi connectivity index (χ3n) is 10.9. The van der Waals surface area contributed by atoms with Crippen LogP contribution in [0.4, 0.5) is 23.2 Å². The Morgan fingerprint density at radius 3 is 1.14 bits per heavy atom. The third-order valence-corrected chi connectivity index (χ3v) is 10.9. The number of carbonyl (C=O) groups excluding carboxylic acids is 16. The quantitative estimate of drug-likeness (QED) is 0.00945. The van der Waals surface area contributed by atoms with Gasteiger partial charge in [0, 0.05) is 56.8 Å². The van der Waals surface area contributed by atoms with Gasteiger partial charge in [-0.3, -0.25) is 47.9 Å². The van der Waals surface area contributed by atoms with Gasteiger partial charge in [0.25, 0.3) is 0 Å². The van der Waals surface area contributed by atoms with Crippen molar-refractivity contribution in [2.24, 2.45) is 27.8 Å². The van der Waals surface area contributed by atoms with Crippen LogP contribution in [0.2, 0.25) is 0 Å². The minimum absolute atomic E-state index is 0.000638. The summed E-state index contributed by atoms with van der Waals surface area (Å²) in [4.78, 5) is 198. The van der Waals surface area contributed by atoms with Crippen molar-refractivity contribution in [3.8, 4) is 0 Å². The molecule has 0 saturated carbocycles. The van der Waals surface area contributed by atoms with E-state index in [-0.39, 0.29) is 51.5 Å². The summed E-state index contributed by atoms with van der Waals surface area (Å²) in [6, 6.07) is -6.23. The highest BCUT2D eigenvalue weighted by atomic mass is 19.3. The van der Waals surface area contributed by atoms with Crippen molar-refractivity contribution in [1.29, 1.82) is 0 Å². The molecular formula is C63H104F2N14O28. The van der Waals surface area contributed by atoms with Gasteiger partial charge in [-0.15, -0.1) is 0 Å². The van der Waals surface area contributed by atoms with Crippen LogP contribution in [0.3, 0.4) is 0 Å². The van der Waals surface area contributed by atoms with Crippen LogP contribution >= 0.6 is 0 Å². The molecule has 7 amide bonds. The molecule has 44 heteroatoms. The molecule has 0 aromatic heterocycles. The van der Waals surface area contributed by atoms with Crippen LogP contribution in [0.1, 0.15) is 170 Å². The summed E-state index contributed by atoms with van der Waals surface area (Å²) in [6.45, 7) is 33.6. The summed E-state index contributed by atoms with van der Waals surface area (Å²) in [7, 11) is 0. The molecule has 0 unspecified atom stereocenters. The van der Waals surface area contributed by atoms with Crippen molar-refractivity contribution in [1.82, 2.24) is 37.2 Å². The first-order valence-electron chi connectivity index (χ1n) is 32.7. The van der Waals surface area contributed by atoms with E-state index >= 15 is 0 Å². The van der Waals surface area contributed by atoms with Gasteiger partial charge >= 0.3 is 84.4 Å². The van der Waals surface area contributed by atoms with Gasteiger partial charge in [0.15, 0.2) is 0 Å². The first kappa shape index (κ1) is 103. The zero-order valence-corrected chi connectivity index (χ0v) is 63.6. The largest absolute Gasteiger partial charge is 0.477 e. The second-order valence-electron chi connectivity index (χ2n) is 27.0. The zero-order valence-electron chi connectivity index (χ0n) is 63.6. The van der Waals surface area contributed by atoms with Gasteiger partial charge < -0.3 is 95.4 Å². The van der Waals surface area contributed by atoms with Gasteiger partial charge in [0.05, 0.1) is 52.1 Å². The van der Waals surface area contributed by atoms with Crippen molar-refractivity contribution in [2.75, 3.05) is 52.6 Å². The Morgan fingerprint density at radius 2 is 0.860 bits per heavy atom. The Hall–Kier alpha value is -10.4. The fourth-order valence-corrected chi connectivity index (χ4v) is 7.35. The van der Waals surface area contributed by atoms with E-state index in [9.17, 15) is 85.5 Å². The normalized spacial score (nSPS) is 15.5. The van der Waals surface area contributed by atoms with E-state index in [1.807, 2.05) is 27.7 Å². The molecule has 0 aromatic rings. The van der Waals surface area contributed by atoms with Crippen LogP contribution in [0, 0.1) is 11.8 Å². The molecule has 3 aliphatic rings. The number of esters is 9. The molecule has 3 rings (SSSR count). The number of aliphatic carboxylic acids is 1. The number of azide groups is 2. The molecule has 3 heterocycles. The number of alkyl halides is 2. The Labute approximate surface area is 616 Å². The number of hydrogen-bond acceptors (Lipinski definition) is 30. The minimum atomic E-state index is -3.23. The standard InChI is InChI=1S/C28H49N7O9.2C9H13NO5.C7H11NO3.C4H10N4O.C4H6O3.C2H2F2O2/c1-17(2)14-19(32-18(3)36)25(40)34-21(16-23(38)44-28(7,8)9)26(41)33-20(15-22(37)43-27(4,5)6)24(39)30-10-12-42-13-11-31-35-29;2*1-9(2,3)15-6(11)4-5-7(12)14-8(13)10-5;1-4(2)3-5-6(9)11-7(10)8-5;5-1-3-9-4-2-7-8-6;1-3(5)7-4(2)6;3-1(4)2(5)6/h17,19-21H,10-16H2,1-9H3,(H,30,39)(H,32,36)(H,33,41)(H,34,40);2*5H,4H2,1-3H3,(H,10,13);4-5H,3H2,1-2H3,(H,8,10);1-5H2;1-2H3;1H,(H,5,6)/t19-,20+,21+;3*5-;;;/m1001.../s1. The number of carboxylic acid groups (broad SMARTS) is 1. The van der Waals surface area contributed by atoms with E-state index < -0.39 is 180 Å². The van der Waals surface area contributed by atoms with Crippen molar-refractivity contribution < 1.29 is 143 Å². The second-order valence-corrected chi connectivity index (χ2v) is 27.0. The second kappa shape index (κ2) is 53.3. The SMILES string of the molecule is CC(=O)N[C@H](CC(C)C)C(=O)N[C@@H](CC(=O)OC(C)(C)C)C(=O)N[C@@H](CC(=O)OC(C)(C)C)C(=O)NCCOCCN=[N+]=[N-].CC(=O)OC(C)=O.CC(C)(C)OC(=O)C[C@@H]1NC(=O)OC1=O.CC(C)(C)OC(=O)C[C@@H]1NC(=O)OC1=O.CC(C)C[C@H]1NC(=O)OC1=O.O=C(O)C(F)F.[N-]=[N+]=NCCOCCN. The van der Waals surface area contributed by atoms with Crippen LogP contribution in [0.25, 0.3) is 20.9 Å². The van der Waals surface area contributed by atoms with Gasteiger partial charge in [-0.2, -0.15) is 8.78 Å². The van der Waals surface area contributed by atoms with Crippen LogP contribution < -0.4 is 43.0 Å². The van der Waals surface area contributed by atoms with Crippen LogP contribution in [-0.4, -0.2) is 224 Å². The van der Waals surface area contributed by atoms with Gasteiger partial charge in [-0.05, 0) is 119 Å². The number of nitrogens with two attached hydrogens (primary N) is 1. The molecule has 608 valence electrons. The maximum atomic E-state index is 13.5. The zero-order chi connectivity index (χ0) is 83.8. The molecule has 6 atom stereocenters. The number of amides is 7. The number of carbonyl (C=O) groups is 17. The number of nitrogens with one attached hydrogen (secondary N) is 7. The highest BCUT2D eigenvalue weighted by Gasteiger charge is 2.38. The molecule has 107 heavy (non-hydrogen) atoms. The van der Waals surface area contributed by atoms with Gasteiger partial charge in [-0.25, -0.2) is 33.6 Å². The molecule has 3 aliphatic heterocycles. The number of hydrogen-bond donors (Lipinski definition) is 9. The first-order valence-corrected chi connectivity index (χ1v) is 32.7. The average molecular weight is 1540 g/mol. The molecule has 0 spiro atoms. The van der Waals surface area contributed by atoms with Gasteiger partial charge in [0.2, 0.25) is 23.6 Å². The molecule has 0 bridgehead atoms. The summed E-state index contributed by atoms with van der Waals surface area (Å²) in [5.74, 6) is -10.3. The highest BCUT2D eigenvalue weighted by molar-refractivity contribution is 5.99.